The van der Waals surface area contributed by atoms with E-state index in [-0.39, 0.29) is 23.5 Å². The predicted molar refractivity (Wildman–Crippen MR) is 105 cm³/mol. The molecule has 1 aromatic heterocycles. The molecule has 0 saturated heterocycles. The summed E-state index contributed by atoms with van der Waals surface area (Å²) >= 11 is 0. The lowest BCUT2D eigenvalue weighted by atomic mass is 9.97. The summed E-state index contributed by atoms with van der Waals surface area (Å²) in [5, 5.41) is 3.11. The van der Waals surface area contributed by atoms with Gasteiger partial charge in [0.15, 0.2) is 0 Å². The van der Waals surface area contributed by atoms with Crippen molar-refractivity contribution >= 4 is 0 Å². The Labute approximate surface area is 176 Å². The van der Waals surface area contributed by atoms with E-state index in [1.54, 1.807) is 6.92 Å². The van der Waals surface area contributed by atoms with Crippen LogP contribution >= 0.6 is 0 Å². The van der Waals surface area contributed by atoms with Crippen LogP contribution in [-0.2, 0) is 12.4 Å². The fraction of sp³-hybridized carbons (Fsp3) is 0.500. The highest BCUT2D eigenvalue weighted by molar-refractivity contribution is 5.60. The minimum Gasteiger partial charge on any atom is -0.316 e. The van der Waals surface area contributed by atoms with Crippen molar-refractivity contribution in [3.8, 4) is 11.3 Å². The van der Waals surface area contributed by atoms with Gasteiger partial charge in [-0.2, -0.15) is 26.3 Å². The predicted octanol–water partition coefficient (Wildman–Crippen LogP) is 7.01. The van der Waals surface area contributed by atoms with E-state index < -0.39 is 29.5 Å². The van der Waals surface area contributed by atoms with Gasteiger partial charge in [-0.3, -0.25) is 4.39 Å². The second-order valence-electron chi connectivity index (χ2n) is 7.42. The minimum absolute atomic E-state index is 0.0214. The van der Waals surface area contributed by atoms with Crippen molar-refractivity contribution in [1.82, 2.24) is 10.3 Å². The Morgan fingerprint density at radius 1 is 0.839 bits per heavy atom. The van der Waals surface area contributed by atoms with Gasteiger partial charge in [-0.05, 0) is 49.1 Å². The molecule has 0 amide bonds. The van der Waals surface area contributed by atoms with E-state index in [9.17, 15) is 30.7 Å². The summed E-state index contributed by atoms with van der Waals surface area (Å²) in [4.78, 5) is 3.74. The second kappa shape index (κ2) is 10.9. The maximum atomic E-state index is 13.6. The van der Waals surface area contributed by atoms with Crippen molar-refractivity contribution < 1.29 is 30.7 Å². The van der Waals surface area contributed by atoms with Crippen molar-refractivity contribution in [3.63, 3.8) is 0 Å². The molecule has 2 nitrogen and oxygen atoms in total. The van der Waals surface area contributed by atoms with Gasteiger partial charge in [0.25, 0.3) is 0 Å². The fourth-order valence-electron chi connectivity index (χ4n) is 3.21. The number of unbranched alkanes of at least 4 members (excludes halogenated alkanes) is 3. The number of hydrogen-bond acceptors (Lipinski definition) is 2. The summed E-state index contributed by atoms with van der Waals surface area (Å²) in [5.41, 5.74) is -1.77. The summed E-state index contributed by atoms with van der Waals surface area (Å²) in [5.74, 6) is -0.475. The lowest BCUT2D eigenvalue weighted by Crippen LogP contribution is -2.24. The summed E-state index contributed by atoms with van der Waals surface area (Å²) in [6.07, 6.45) is -6.27. The maximum Gasteiger partial charge on any atom is 0.433 e. The van der Waals surface area contributed by atoms with E-state index in [0.717, 1.165) is 43.5 Å². The first-order valence-electron chi connectivity index (χ1n) is 10.1. The number of pyridine rings is 1. The van der Waals surface area contributed by atoms with Gasteiger partial charge in [-0.15, -0.1) is 0 Å². The quantitative estimate of drug-likeness (QED) is 0.311. The average molecular weight is 450 g/mol. The number of alkyl halides is 7. The molecule has 1 N–H and O–H groups in total. The van der Waals surface area contributed by atoms with Crippen LogP contribution in [0.5, 0.6) is 0 Å². The minimum atomic E-state index is -4.70. The van der Waals surface area contributed by atoms with E-state index in [1.807, 2.05) is 0 Å². The van der Waals surface area contributed by atoms with Crippen LogP contribution in [-0.4, -0.2) is 24.7 Å². The zero-order valence-electron chi connectivity index (χ0n) is 17.1. The molecule has 9 heteroatoms. The molecule has 0 saturated carbocycles. The van der Waals surface area contributed by atoms with Crippen molar-refractivity contribution in [2.75, 3.05) is 19.8 Å². The number of rotatable bonds is 10. The van der Waals surface area contributed by atoms with Gasteiger partial charge in [0.1, 0.15) is 5.69 Å². The summed E-state index contributed by atoms with van der Waals surface area (Å²) < 4.78 is 91.0. The van der Waals surface area contributed by atoms with Gasteiger partial charge in [0.05, 0.1) is 17.9 Å². The number of nitrogens with zero attached hydrogens (tertiary/aromatic N) is 1. The Hall–Kier alpha value is -2.16. The van der Waals surface area contributed by atoms with Crippen LogP contribution in [0.25, 0.3) is 11.3 Å². The Balaban J connectivity index is 2.13. The molecule has 0 aliphatic heterocycles. The van der Waals surface area contributed by atoms with Gasteiger partial charge in [-0.25, -0.2) is 4.98 Å². The highest BCUT2D eigenvalue weighted by Gasteiger charge is 2.37. The Morgan fingerprint density at radius 3 is 2.06 bits per heavy atom. The summed E-state index contributed by atoms with van der Waals surface area (Å²) in [6.45, 7) is 2.24. The maximum absolute atomic E-state index is 13.6. The zero-order valence-corrected chi connectivity index (χ0v) is 17.1. The van der Waals surface area contributed by atoms with Crippen molar-refractivity contribution in [1.29, 1.82) is 0 Å². The molecule has 2 rings (SSSR count). The zero-order chi connectivity index (χ0) is 23.1. The molecule has 2 aromatic rings. The number of nitrogens with one attached hydrogen (secondary N) is 1. The van der Waals surface area contributed by atoms with E-state index in [2.05, 4.69) is 10.3 Å². The number of halogens is 7. The standard InChI is InChI=1S/C22H25F7N2/c1-15(14-30-13-5-3-2-4-12-23)18-10-11-19(31-20(18)22(27,28)29)16-6-8-17(9-7-16)21(24,25)26/h6-11,15,30H,2-5,12-14H2,1H3. The number of benzene rings is 1. The topological polar surface area (TPSA) is 24.9 Å². The molecule has 0 aliphatic rings. The first kappa shape index (κ1) is 25.1. The fourth-order valence-corrected chi connectivity index (χ4v) is 3.21. The van der Waals surface area contributed by atoms with Gasteiger partial charge < -0.3 is 5.32 Å². The molecule has 0 spiro atoms. The molecule has 0 radical (unpaired) electrons. The molecule has 1 aromatic carbocycles. The van der Waals surface area contributed by atoms with Crippen molar-refractivity contribution in [2.45, 2.75) is 50.9 Å². The third-order valence-corrected chi connectivity index (χ3v) is 4.92. The average Bonchev–Trinajstić information content (AvgIpc) is 2.71. The molecule has 1 atom stereocenters. The first-order valence-corrected chi connectivity index (χ1v) is 10.1. The smallest absolute Gasteiger partial charge is 0.316 e. The largest absolute Gasteiger partial charge is 0.433 e. The number of aromatic nitrogens is 1. The third-order valence-electron chi connectivity index (χ3n) is 4.92. The molecular formula is C22H25F7N2. The third kappa shape index (κ3) is 7.48. The molecule has 1 heterocycles. The van der Waals surface area contributed by atoms with Crippen LogP contribution in [0.15, 0.2) is 36.4 Å². The lowest BCUT2D eigenvalue weighted by Gasteiger charge is -2.19. The lowest BCUT2D eigenvalue weighted by molar-refractivity contribution is -0.142. The van der Waals surface area contributed by atoms with Crippen LogP contribution < -0.4 is 5.32 Å². The van der Waals surface area contributed by atoms with Gasteiger partial charge in [-0.1, -0.05) is 38.0 Å². The molecule has 0 aliphatic carbocycles. The highest BCUT2D eigenvalue weighted by atomic mass is 19.4. The summed E-state index contributed by atoms with van der Waals surface area (Å²) in [6, 6.07) is 6.57. The van der Waals surface area contributed by atoms with Gasteiger partial charge >= 0.3 is 12.4 Å². The van der Waals surface area contributed by atoms with Crippen LogP contribution in [0.3, 0.4) is 0 Å². The molecule has 1 unspecified atom stereocenters. The van der Waals surface area contributed by atoms with E-state index in [1.165, 1.54) is 12.1 Å². The van der Waals surface area contributed by atoms with Crippen LogP contribution in [0.1, 0.15) is 55.3 Å². The number of hydrogen-bond donors (Lipinski definition) is 1. The second-order valence-corrected chi connectivity index (χ2v) is 7.42. The van der Waals surface area contributed by atoms with Crippen LogP contribution in [0.4, 0.5) is 30.7 Å². The molecule has 0 fully saturated rings. The Bertz CT molecular complexity index is 814. The van der Waals surface area contributed by atoms with Gasteiger partial charge in [0, 0.05) is 12.1 Å². The Morgan fingerprint density at radius 2 is 1.48 bits per heavy atom. The van der Waals surface area contributed by atoms with Crippen molar-refractivity contribution in [2.24, 2.45) is 0 Å². The SMILES string of the molecule is CC(CNCCCCCCF)c1ccc(-c2ccc(C(F)(F)F)cc2)nc1C(F)(F)F. The first-order chi connectivity index (χ1) is 14.5. The normalized spacial score (nSPS) is 13.4. The van der Waals surface area contributed by atoms with E-state index >= 15 is 0 Å². The summed E-state index contributed by atoms with van der Waals surface area (Å²) in [7, 11) is 0. The van der Waals surface area contributed by atoms with Crippen LogP contribution in [0, 0.1) is 0 Å². The van der Waals surface area contributed by atoms with Gasteiger partial charge in [0.2, 0.25) is 0 Å². The van der Waals surface area contributed by atoms with E-state index in [4.69, 9.17) is 0 Å². The highest BCUT2D eigenvalue weighted by Crippen LogP contribution is 2.36. The molecular weight excluding hydrogens is 425 g/mol. The molecule has 0 bridgehead atoms. The molecule has 31 heavy (non-hydrogen) atoms. The van der Waals surface area contributed by atoms with E-state index in [0.29, 0.717) is 19.5 Å². The molecule has 172 valence electrons. The van der Waals surface area contributed by atoms with Crippen molar-refractivity contribution in [3.05, 3.63) is 53.2 Å². The Kier molecular flexibility index (Phi) is 8.85. The monoisotopic (exact) mass is 450 g/mol. The van der Waals surface area contributed by atoms with Crippen LogP contribution in [0.2, 0.25) is 0 Å².